The summed E-state index contributed by atoms with van der Waals surface area (Å²) < 4.78 is 5.52. The maximum atomic E-state index is 12.1. The van der Waals surface area contributed by atoms with Gasteiger partial charge in [-0.1, -0.05) is 0 Å². The maximum Gasteiger partial charge on any atom is 0.310 e. The van der Waals surface area contributed by atoms with E-state index in [1.54, 1.807) is 18.2 Å². The summed E-state index contributed by atoms with van der Waals surface area (Å²) in [6, 6.07) is 7.17. The third-order valence-corrected chi connectivity index (χ3v) is 4.94. The van der Waals surface area contributed by atoms with Crippen molar-refractivity contribution in [1.82, 2.24) is 0 Å². The van der Waals surface area contributed by atoms with Crippen LogP contribution in [0.5, 0.6) is 0 Å². The Bertz CT molecular complexity index is 586. The highest BCUT2D eigenvalue weighted by molar-refractivity contribution is 9.11. The monoisotopic (exact) mass is 344 g/mol. The number of ether oxygens (including phenoxy) is 1. The van der Waals surface area contributed by atoms with E-state index in [-0.39, 0.29) is 18.2 Å². The van der Waals surface area contributed by atoms with Crippen LogP contribution in [-0.2, 0) is 16.0 Å². The molecule has 0 aliphatic heterocycles. The van der Waals surface area contributed by atoms with Crippen molar-refractivity contribution < 1.29 is 14.3 Å². The topological polar surface area (TPSA) is 43.4 Å². The van der Waals surface area contributed by atoms with Crippen molar-refractivity contribution in [2.24, 2.45) is 0 Å². The fourth-order valence-electron chi connectivity index (χ4n) is 1.37. The van der Waals surface area contributed by atoms with Gasteiger partial charge in [0, 0.05) is 4.88 Å². The van der Waals surface area contributed by atoms with Gasteiger partial charge in [0.2, 0.25) is 5.78 Å². The number of hydrogen-bond acceptors (Lipinski definition) is 5. The first kappa shape index (κ1) is 13.5. The molecule has 0 saturated carbocycles. The lowest BCUT2D eigenvalue weighted by Gasteiger charge is -1.95. The summed E-state index contributed by atoms with van der Waals surface area (Å²) in [5, 5.41) is 0. The third kappa shape index (κ3) is 3.07. The minimum atomic E-state index is -0.297. The molecule has 0 aliphatic rings. The summed E-state index contributed by atoms with van der Waals surface area (Å²) in [5.41, 5.74) is 0. The van der Waals surface area contributed by atoms with Gasteiger partial charge in [-0.15, -0.1) is 22.7 Å². The molecule has 0 N–H and O–H groups in total. The Morgan fingerprint density at radius 2 is 1.83 bits per heavy atom. The Morgan fingerprint density at radius 3 is 2.44 bits per heavy atom. The zero-order valence-corrected chi connectivity index (χ0v) is 12.7. The summed E-state index contributed by atoms with van der Waals surface area (Å²) in [7, 11) is 1.35. The van der Waals surface area contributed by atoms with E-state index >= 15 is 0 Å². The molecule has 0 aliphatic carbocycles. The van der Waals surface area contributed by atoms with Gasteiger partial charge in [0.05, 0.1) is 27.1 Å². The molecular weight excluding hydrogens is 336 g/mol. The van der Waals surface area contributed by atoms with E-state index in [4.69, 9.17) is 0 Å². The number of rotatable bonds is 4. The van der Waals surface area contributed by atoms with Crippen molar-refractivity contribution in [1.29, 1.82) is 0 Å². The molecule has 2 rings (SSSR count). The molecule has 3 nitrogen and oxygen atoms in total. The van der Waals surface area contributed by atoms with Gasteiger partial charge in [-0.05, 0) is 40.2 Å². The normalized spacial score (nSPS) is 10.3. The van der Waals surface area contributed by atoms with Crippen LogP contribution in [0.3, 0.4) is 0 Å². The first-order chi connectivity index (χ1) is 8.60. The van der Waals surface area contributed by atoms with E-state index < -0.39 is 0 Å². The van der Waals surface area contributed by atoms with Gasteiger partial charge >= 0.3 is 5.97 Å². The van der Waals surface area contributed by atoms with Gasteiger partial charge in [-0.3, -0.25) is 9.59 Å². The van der Waals surface area contributed by atoms with Crippen LogP contribution in [0, 0.1) is 0 Å². The first-order valence-corrected chi connectivity index (χ1v) is 7.48. The lowest BCUT2D eigenvalue weighted by Crippen LogP contribution is -2.02. The fourth-order valence-corrected chi connectivity index (χ4v) is 3.72. The predicted octanol–water partition coefficient (Wildman–Crippen LogP) is 3.52. The summed E-state index contributed by atoms with van der Waals surface area (Å²) in [6.45, 7) is 0. The Labute approximate surface area is 121 Å². The minimum absolute atomic E-state index is 0.00758. The second-order valence-electron chi connectivity index (χ2n) is 3.45. The summed E-state index contributed by atoms with van der Waals surface area (Å²) >= 11 is 6.06. The number of thiophene rings is 2. The molecule has 6 heteroatoms. The molecule has 0 atom stereocenters. The quantitative estimate of drug-likeness (QED) is 0.629. The Hall–Kier alpha value is -0.980. The van der Waals surface area contributed by atoms with Gasteiger partial charge < -0.3 is 4.74 Å². The number of carbonyl (C=O) groups excluding carboxylic acids is 2. The molecule has 0 radical (unpaired) electrons. The van der Waals surface area contributed by atoms with Crippen LogP contribution >= 0.6 is 38.6 Å². The van der Waals surface area contributed by atoms with E-state index in [2.05, 4.69) is 20.7 Å². The molecule has 0 amide bonds. The highest BCUT2D eigenvalue weighted by atomic mass is 79.9. The fraction of sp³-hybridized carbons (Fsp3) is 0.167. The number of ketones is 1. The van der Waals surface area contributed by atoms with Crippen LogP contribution < -0.4 is 0 Å². The lowest BCUT2D eigenvalue weighted by atomic mass is 10.2. The molecule has 2 aromatic rings. The van der Waals surface area contributed by atoms with Gasteiger partial charge in [0.1, 0.15) is 0 Å². The number of methoxy groups -OCH3 is 1. The second kappa shape index (κ2) is 5.77. The summed E-state index contributed by atoms with van der Waals surface area (Å²) in [6.07, 6.45) is 0.211. The number of carbonyl (C=O) groups is 2. The first-order valence-electron chi connectivity index (χ1n) is 5.05. The molecule has 2 aromatic heterocycles. The van der Waals surface area contributed by atoms with Gasteiger partial charge in [-0.25, -0.2) is 0 Å². The van der Waals surface area contributed by atoms with Gasteiger partial charge in [-0.2, -0.15) is 0 Å². The molecule has 0 bridgehead atoms. The molecule has 0 saturated heterocycles. The van der Waals surface area contributed by atoms with Crippen LogP contribution in [0.2, 0.25) is 0 Å². The van der Waals surface area contributed by atoms with Crippen LogP contribution in [0.25, 0.3) is 0 Å². The van der Waals surface area contributed by atoms with E-state index in [1.165, 1.54) is 29.8 Å². The van der Waals surface area contributed by atoms with Crippen molar-refractivity contribution in [3.05, 3.63) is 42.7 Å². The van der Waals surface area contributed by atoms with Crippen molar-refractivity contribution >= 4 is 50.4 Å². The SMILES string of the molecule is COC(=O)Cc1ccc(C(=O)c2ccc(Br)s2)s1. The average Bonchev–Trinajstić information content (AvgIpc) is 2.97. The highest BCUT2D eigenvalue weighted by Gasteiger charge is 2.15. The van der Waals surface area contributed by atoms with E-state index in [0.717, 1.165) is 8.66 Å². The van der Waals surface area contributed by atoms with Crippen molar-refractivity contribution in [2.75, 3.05) is 7.11 Å². The second-order valence-corrected chi connectivity index (χ2v) is 7.08. The van der Waals surface area contributed by atoms with Crippen LogP contribution in [0.1, 0.15) is 19.4 Å². The van der Waals surface area contributed by atoms with E-state index in [1.807, 2.05) is 6.07 Å². The smallest absolute Gasteiger partial charge is 0.310 e. The number of esters is 1. The Kier molecular flexibility index (Phi) is 4.31. The van der Waals surface area contributed by atoms with E-state index in [9.17, 15) is 9.59 Å². The zero-order valence-electron chi connectivity index (χ0n) is 9.44. The van der Waals surface area contributed by atoms with Crippen molar-refractivity contribution in [2.45, 2.75) is 6.42 Å². The summed E-state index contributed by atoms with van der Waals surface area (Å²) in [4.78, 5) is 25.4. The third-order valence-electron chi connectivity index (χ3n) is 2.23. The van der Waals surface area contributed by atoms with Crippen LogP contribution in [-0.4, -0.2) is 18.9 Å². The van der Waals surface area contributed by atoms with Crippen LogP contribution in [0.15, 0.2) is 28.1 Å². The molecule has 0 fully saturated rings. The van der Waals surface area contributed by atoms with Gasteiger partial charge in [0.25, 0.3) is 0 Å². The molecule has 0 aromatic carbocycles. The van der Waals surface area contributed by atoms with Crippen molar-refractivity contribution in [3.8, 4) is 0 Å². The molecular formula is C12H9BrO3S2. The number of hydrogen-bond donors (Lipinski definition) is 0. The Balaban J connectivity index is 2.15. The standard InChI is InChI=1S/C12H9BrO3S2/c1-16-11(14)6-7-2-3-8(17-7)12(15)9-4-5-10(13)18-9/h2-5H,6H2,1H3. The highest BCUT2D eigenvalue weighted by Crippen LogP contribution is 2.27. The van der Waals surface area contributed by atoms with E-state index in [0.29, 0.717) is 9.75 Å². The molecule has 94 valence electrons. The summed E-state index contributed by atoms with van der Waals surface area (Å²) in [5.74, 6) is -0.304. The maximum absolute atomic E-state index is 12.1. The molecule has 0 unspecified atom stereocenters. The number of halogens is 1. The van der Waals surface area contributed by atoms with Crippen LogP contribution in [0.4, 0.5) is 0 Å². The largest absolute Gasteiger partial charge is 0.469 e. The molecule has 0 spiro atoms. The van der Waals surface area contributed by atoms with Crippen molar-refractivity contribution in [3.63, 3.8) is 0 Å². The molecule has 2 heterocycles. The zero-order chi connectivity index (χ0) is 13.1. The average molecular weight is 345 g/mol. The lowest BCUT2D eigenvalue weighted by molar-refractivity contribution is -0.139. The molecule has 18 heavy (non-hydrogen) atoms. The Morgan fingerprint density at radius 1 is 1.17 bits per heavy atom. The van der Waals surface area contributed by atoms with Gasteiger partial charge in [0.15, 0.2) is 0 Å². The minimum Gasteiger partial charge on any atom is -0.469 e. The predicted molar refractivity (Wildman–Crippen MR) is 75.5 cm³/mol.